The summed E-state index contributed by atoms with van der Waals surface area (Å²) in [5.74, 6) is -1.05. The Morgan fingerprint density at radius 2 is 1.86 bits per heavy atom. The second kappa shape index (κ2) is 10.9. The fraction of sp³-hybridized carbons (Fsp3) is 0.440. The number of nitrogens with one attached hydrogen (secondary N) is 3. The van der Waals surface area contributed by atoms with Crippen LogP contribution in [0.1, 0.15) is 36.8 Å². The highest BCUT2D eigenvalue weighted by Crippen LogP contribution is 2.49. The predicted octanol–water partition coefficient (Wildman–Crippen LogP) is 4.52. The van der Waals surface area contributed by atoms with Crippen LogP contribution in [-0.4, -0.2) is 43.3 Å². The minimum absolute atomic E-state index is 0.0533. The van der Waals surface area contributed by atoms with Gasteiger partial charge in [-0.15, -0.1) is 13.2 Å². The van der Waals surface area contributed by atoms with E-state index in [9.17, 15) is 22.8 Å². The van der Waals surface area contributed by atoms with Crippen molar-refractivity contribution in [2.24, 2.45) is 0 Å². The molecule has 1 aliphatic carbocycles. The summed E-state index contributed by atoms with van der Waals surface area (Å²) in [6.45, 7) is 1.53. The van der Waals surface area contributed by atoms with Gasteiger partial charge < -0.3 is 20.7 Å². The predicted molar refractivity (Wildman–Crippen MR) is 130 cm³/mol. The zero-order chi connectivity index (χ0) is 25.9. The number of alkyl halides is 3. The maximum Gasteiger partial charge on any atom is 0.573 e. The normalized spacial score (nSPS) is 19.8. The summed E-state index contributed by atoms with van der Waals surface area (Å²) in [6, 6.07) is 9.27. The first kappa shape index (κ1) is 26.6. The van der Waals surface area contributed by atoms with Crippen molar-refractivity contribution in [3.8, 4) is 5.75 Å². The molecule has 2 aromatic carbocycles. The third-order valence-corrected chi connectivity index (χ3v) is 7.12. The molecule has 4 rings (SSSR count). The van der Waals surface area contributed by atoms with E-state index in [1.54, 1.807) is 18.2 Å². The molecule has 2 atom stereocenters. The summed E-state index contributed by atoms with van der Waals surface area (Å²) >= 11 is 12.3. The molecular formula is C25H26Cl2F3N3O3. The molecule has 2 aromatic rings. The third-order valence-electron chi connectivity index (χ3n) is 6.53. The minimum atomic E-state index is -4.80. The van der Waals surface area contributed by atoms with Crippen molar-refractivity contribution in [2.45, 2.75) is 56.0 Å². The van der Waals surface area contributed by atoms with E-state index in [4.69, 9.17) is 23.2 Å². The van der Waals surface area contributed by atoms with Crippen molar-refractivity contribution < 1.29 is 27.5 Å². The van der Waals surface area contributed by atoms with Crippen LogP contribution < -0.4 is 20.7 Å². The molecule has 6 nitrogen and oxygen atoms in total. The van der Waals surface area contributed by atoms with Gasteiger partial charge in [0, 0.05) is 29.1 Å². The second-order valence-electron chi connectivity index (χ2n) is 9.17. The van der Waals surface area contributed by atoms with Gasteiger partial charge in [0.2, 0.25) is 11.8 Å². The molecule has 0 radical (unpaired) electrons. The number of benzene rings is 2. The van der Waals surface area contributed by atoms with E-state index in [-0.39, 0.29) is 30.0 Å². The molecule has 0 aromatic heterocycles. The summed E-state index contributed by atoms with van der Waals surface area (Å²) in [6.07, 6.45) is -1.85. The van der Waals surface area contributed by atoms with Crippen LogP contribution >= 0.6 is 23.2 Å². The van der Waals surface area contributed by atoms with E-state index in [0.717, 1.165) is 19.4 Å². The van der Waals surface area contributed by atoms with Crippen molar-refractivity contribution >= 4 is 35.0 Å². The standard InChI is InChI=1S/C25H26Cl2F3N3O3/c26-17-6-3-15(20(27)13-17)12-21(22(34)32-18-2-1-11-31-14-18)33-23(35)24(9-10-24)16-4-7-19(8-5-16)36-25(28,29)30/h3-8,13,18,21,31H,1-2,9-12,14H2,(H,32,34)(H,33,35)/t18-,21+/m1/s1. The monoisotopic (exact) mass is 543 g/mol. The second-order valence-corrected chi connectivity index (χ2v) is 10.0. The molecule has 2 amide bonds. The fourth-order valence-corrected chi connectivity index (χ4v) is 4.92. The van der Waals surface area contributed by atoms with Crippen molar-refractivity contribution in [3.05, 3.63) is 63.6 Å². The van der Waals surface area contributed by atoms with Crippen molar-refractivity contribution in [1.29, 1.82) is 0 Å². The lowest BCUT2D eigenvalue weighted by Crippen LogP contribution is -2.55. The molecule has 0 unspecified atom stereocenters. The molecule has 1 saturated heterocycles. The Labute approximate surface area is 216 Å². The van der Waals surface area contributed by atoms with Crippen LogP contribution in [0.4, 0.5) is 13.2 Å². The molecule has 36 heavy (non-hydrogen) atoms. The Morgan fingerprint density at radius 1 is 1.14 bits per heavy atom. The molecule has 11 heteroatoms. The van der Waals surface area contributed by atoms with E-state index in [0.29, 0.717) is 40.6 Å². The van der Waals surface area contributed by atoms with Crippen LogP contribution in [0.25, 0.3) is 0 Å². The quantitative estimate of drug-likeness (QED) is 0.457. The average molecular weight is 544 g/mol. The van der Waals surface area contributed by atoms with E-state index >= 15 is 0 Å². The highest BCUT2D eigenvalue weighted by Gasteiger charge is 2.52. The van der Waals surface area contributed by atoms with Gasteiger partial charge in [-0.2, -0.15) is 0 Å². The van der Waals surface area contributed by atoms with Crippen LogP contribution in [0.15, 0.2) is 42.5 Å². The highest BCUT2D eigenvalue weighted by atomic mass is 35.5. The highest BCUT2D eigenvalue weighted by molar-refractivity contribution is 6.35. The van der Waals surface area contributed by atoms with Crippen LogP contribution in [0, 0.1) is 0 Å². The molecule has 1 heterocycles. The maximum absolute atomic E-state index is 13.4. The average Bonchev–Trinajstić information content (AvgIpc) is 3.62. The number of rotatable bonds is 8. The van der Waals surface area contributed by atoms with Gasteiger partial charge in [0.1, 0.15) is 11.8 Å². The lowest BCUT2D eigenvalue weighted by molar-refractivity contribution is -0.274. The maximum atomic E-state index is 13.4. The summed E-state index contributed by atoms with van der Waals surface area (Å²) in [7, 11) is 0. The molecule has 0 spiro atoms. The lowest BCUT2D eigenvalue weighted by Gasteiger charge is -2.28. The van der Waals surface area contributed by atoms with Gasteiger partial charge in [0.05, 0.1) is 5.41 Å². The van der Waals surface area contributed by atoms with Gasteiger partial charge in [0.15, 0.2) is 0 Å². The van der Waals surface area contributed by atoms with E-state index in [1.165, 1.54) is 24.3 Å². The summed E-state index contributed by atoms with van der Waals surface area (Å²) in [5.41, 5.74) is 0.308. The van der Waals surface area contributed by atoms with Gasteiger partial charge in [-0.3, -0.25) is 9.59 Å². The van der Waals surface area contributed by atoms with Crippen molar-refractivity contribution in [1.82, 2.24) is 16.0 Å². The zero-order valence-electron chi connectivity index (χ0n) is 19.3. The number of amides is 2. The van der Waals surface area contributed by atoms with Gasteiger partial charge in [-0.05, 0) is 67.6 Å². The fourth-order valence-electron chi connectivity index (χ4n) is 4.44. The van der Waals surface area contributed by atoms with Gasteiger partial charge in [-0.25, -0.2) is 0 Å². The molecule has 194 valence electrons. The van der Waals surface area contributed by atoms with E-state index in [2.05, 4.69) is 20.7 Å². The number of piperidine rings is 1. The minimum Gasteiger partial charge on any atom is -0.406 e. The van der Waals surface area contributed by atoms with Gasteiger partial charge in [0.25, 0.3) is 0 Å². The van der Waals surface area contributed by atoms with Gasteiger partial charge in [-0.1, -0.05) is 41.4 Å². The Morgan fingerprint density at radius 3 is 2.44 bits per heavy atom. The number of carbonyl (C=O) groups excluding carboxylic acids is 2. The first-order chi connectivity index (χ1) is 17.1. The van der Waals surface area contributed by atoms with Gasteiger partial charge >= 0.3 is 6.36 Å². The SMILES string of the molecule is O=C(N[C@@H]1CCCNC1)[C@H](Cc1ccc(Cl)cc1Cl)NC(=O)C1(c2ccc(OC(F)(F)F)cc2)CC1. The number of hydrogen-bond acceptors (Lipinski definition) is 4. The number of carbonyl (C=O) groups is 2. The number of hydrogen-bond donors (Lipinski definition) is 3. The summed E-state index contributed by atoms with van der Waals surface area (Å²) in [4.78, 5) is 26.7. The molecular weight excluding hydrogens is 518 g/mol. The topological polar surface area (TPSA) is 79.5 Å². The number of ether oxygens (including phenoxy) is 1. The smallest absolute Gasteiger partial charge is 0.406 e. The molecule has 1 saturated carbocycles. The molecule has 3 N–H and O–H groups in total. The molecule has 0 bridgehead atoms. The zero-order valence-corrected chi connectivity index (χ0v) is 20.8. The van der Waals surface area contributed by atoms with Crippen molar-refractivity contribution in [2.75, 3.05) is 13.1 Å². The Hall–Kier alpha value is -2.49. The van der Waals surface area contributed by atoms with E-state index in [1.807, 2.05) is 0 Å². The Bertz CT molecular complexity index is 1100. The third kappa shape index (κ3) is 6.63. The summed E-state index contributed by atoms with van der Waals surface area (Å²) in [5, 5.41) is 9.97. The Kier molecular flexibility index (Phi) is 8.02. The van der Waals surface area contributed by atoms with E-state index < -0.39 is 17.8 Å². The first-order valence-corrected chi connectivity index (χ1v) is 12.4. The van der Waals surface area contributed by atoms with Crippen LogP contribution in [0.3, 0.4) is 0 Å². The lowest BCUT2D eigenvalue weighted by atomic mass is 9.93. The molecule has 1 aliphatic heterocycles. The number of halogens is 5. The van der Waals surface area contributed by atoms with Crippen LogP contribution in [0.5, 0.6) is 5.75 Å². The first-order valence-electron chi connectivity index (χ1n) is 11.7. The molecule has 2 aliphatic rings. The van der Waals surface area contributed by atoms with Crippen LogP contribution in [-0.2, 0) is 21.4 Å². The Balaban J connectivity index is 1.51. The molecule has 2 fully saturated rings. The largest absolute Gasteiger partial charge is 0.573 e. The van der Waals surface area contributed by atoms with Crippen LogP contribution in [0.2, 0.25) is 10.0 Å². The van der Waals surface area contributed by atoms with Crippen molar-refractivity contribution in [3.63, 3.8) is 0 Å². The summed E-state index contributed by atoms with van der Waals surface area (Å²) < 4.78 is 41.4.